The molecule has 3 heterocycles. The second kappa shape index (κ2) is 9.48. The zero-order chi connectivity index (χ0) is 18.4. The van der Waals surface area contributed by atoms with Crippen molar-refractivity contribution in [1.82, 2.24) is 25.4 Å². The monoisotopic (exact) mass is 365 g/mol. The predicted molar refractivity (Wildman–Crippen MR) is 97.5 cm³/mol. The number of hydrazine groups is 2. The van der Waals surface area contributed by atoms with Crippen LogP contribution in [0.15, 0.2) is 5.70 Å². The van der Waals surface area contributed by atoms with Gasteiger partial charge in [-0.3, -0.25) is 14.7 Å². The highest BCUT2D eigenvalue weighted by Gasteiger charge is 2.33. The van der Waals surface area contributed by atoms with Crippen LogP contribution in [0.2, 0.25) is 0 Å². The van der Waals surface area contributed by atoms with Crippen LogP contribution in [0, 0.1) is 0 Å². The molecule has 0 unspecified atom stereocenters. The smallest absolute Gasteiger partial charge is 0.323 e. The lowest BCUT2D eigenvalue weighted by atomic mass is 10.0. The van der Waals surface area contributed by atoms with E-state index in [2.05, 4.69) is 21.2 Å². The van der Waals surface area contributed by atoms with E-state index in [1.54, 1.807) is 0 Å². The number of piperidine rings is 2. The number of ether oxygens (including phenoxy) is 1. The molecule has 0 aromatic rings. The van der Waals surface area contributed by atoms with Crippen molar-refractivity contribution >= 4 is 11.9 Å². The molecule has 8 heteroatoms. The van der Waals surface area contributed by atoms with E-state index in [1.807, 2.05) is 10.1 Å². The average molecular weight is 365 g/mol. The summed E-state index contributed by atoms with van der Waals surface area (Å²) in [4.78, 5) is 25.9. The topological polar surface area (TPSA) is 68.4 Å². The van der Waals surface area contributed by atoms with Crippen molar-refractivity contribution in [3.8, 4) is 0 Å². The molecule has 3 rings (SSSR count). The van der Waals surface area contributed by atoms with Crippen molar-refractivity contribution in [1.29, 1.82) is 0 Å². The molecule has 0 bridgehead atoms. The Morgan fingerprint density at radius 2 is 1.92 bits per heavy atom. The van der Waals surface area contributed by atoms with Crippen molar-refractivity contribution in [2.45, 2.75) is 38.1 Å². The molecule has 0 amide bonds. The van der Waals surface area contributed by atoms with E-state index >= 15 is 0 Å². The highest BCUT2D eigenvalue weighted by Crippen LogP contribution is 2.23. The number of rotatable bonds is 5. The number of piperazine rings is 1. The van der Waals surface area contributed by atoms with Crippen LogP contribution in [0.3, 0.4) is 0 Å². The minimum atomic E-state index is -0.290. The summed E-state index contributed by atoms with van der Waals surface area (Å²) in [5.41, 5.74) is 0.640. The molecule has 3 saturated heterocycles. The van der Waals surface area contributed by atoms with Crippen molar-refractivity contribution in [3.63, 3.8) is 0 Å². The van der Waals surface area contributed by atoms with Gasteiger partial charge < -0.3 is 10.1 Å². The number of nitrogens with one attached hydrogen (secondary N) is 1. The third-order valence-electron chi connectivity index (χ3n) is 5.68. The van der Waals surface area contributed by atoms with E-state index < -0.39 is 0 Å². The first-order chi connectivity index (χ1) is 12.7. The van der Waals surface area contributed by atoms with Gasteiger partial charge in [0, 0.05) is 38.8 Å². The number of carbonyl (C=O) groups is 1. The molecule has 3 aliphatic rings. The maximum Gasteiger partial charge on any atom is 0.323 e. The van der Waals surface area contributed by atoms with Crippen LogP contribution in [-0.4, -0.2) is 97.5 Å². The van der Waals surface area contributed by atoms with Crippen LogP contribution >= 0.6 is 0 Å². The number of allylic oxidation sites excluding steroid dienone is 1. The Hall–Kier alpha value is -1.44. The Kier molecular flexibility index (Phi) is 7.05. The Balaban J connectivity index is 1.65. The molecule has 146 valence electrons. The van der Waals surface area contributed by atoms with Gasteiger partial charge in [-0.15, -0.1) is 5.12 Å². The summed E-state index contributed by atoms with van der Waals surface area (Å²) in [5, 5.41) is 9.47. The van der Waals surface area contributed by atoms with Crippen LogP contribution in [0.1, 0.15) is 32.1 Å². The van der Waals surface area contributed by atoms with Gasteiger partial charge in [-0.05, 0) is 45.2 Å². The summed E-state index contributed by atoms with van der Waals surface area (Å²) in [5.74, 6) is 1.79. The normalized spacial score (nSPS) is 23.9. The first-order valence-corrected chi connectivity index (χ1v) is 9.78. The maximum atomic E-state index is 12.0. The van der Waals surface area contributed by atoms with Gasteiger partial charge in [-0.1, -0.05) is 0 Å². The van der Waals surface area contributed by atoms with Crippen LogP contribution < -0.4 is 5.32 Å². The number of nitrogens with zero attached hydrogens (tertiary/aromatic N) is 4. The van der Waals surface area contributed by atoms with Gasteiger partial charge in [0.1, 0.15) is 18.2 Å². The zero-order valence-electron chi connectivity index (χ0n) is 15.8. The van der Waals surface area contributed by atoms with Crippen molar-refractivity contribution in [2.75, 3.05) is 59.5 Å². The number of esters is 1. The van der Waals surface area contributed by atoms with Crippen molar-refractivity contribution in [2.24, 2.45) is 0 Å². The molecule has 8 nitrogen and oxygen atoms in total. The molecule has 1 N–H and O–H groups in total. The fourth-order valence-corrected chi connectivity index (χ4v) is 4.17. The first kappa shape index (κ1) is 19.3. The molecule has 0 radical (unpaired) electrons. The largest absolute Gasteiger partial charge is 0.468 e. The van der Waals surface area contributed by atoms with Gasteiger partial charge >= 0.3 is 5.97 Å². The third-order valence-corrected chi connectivity index (χ3v) is 5.68. The van der Waals surface area contributed by atoms with E-state index in [0.717, 1.165) is 65.1 Å². The summed E-state index contributed by atoms with van der Waals surface area (Å²) in [6.07, 6.45) is 5.14. The standard InChI is InChI=1S/C18H31N5O3/c1-26-18(25)14-23(22-9-3-2-4-17(22)15-24)21-12-10-20(11-13-21)16-5-7-19-8-6-16/h16,19H,2-14H2,1H3. The van der Waals surface area contributed by atoms with Gasteiger partial charge in [0.15, 0.2) is 0 Å². The quantitative estimate of drug-likeness (QED) is 0.534. The van der Waals surface area contributed by atoms with Gasteiger partial charge in [-0.2, -0.15) is 0 Å². The summed E-state index contributed by atoms with van der Waals surface area (Å²) < 4.78 is 4.89. The molecule has 0 aromatic heterocycles. The fraction of sp³-hybridized carbons (Fsp3) is 0.833. The first-order valence-electron chi connectivity index (χ1n) is 9.78. The maximum absolute atomic E-state index is 12.0. The van der Waals surface area contributed by atoms with E-state index in [-0.39, 0.29) is 12.5 Å². The highest BCUT2D eigenvalue weighted by molar-refractivity contribution is 5.71. The number of methoxy groups -OCH3 is 1. The van der Waals surface area contributed by atoms with Gasteiger partial charge in [0.2, 0.25) is 0 Å². The molecule has 3 aliphatic heterocycles. The second-order valence-corrected chi connectivity index (χ2v) is 7.21. The summed E-state index contributed by atoms with van der Waals surface area (Å²) >= 11 is 0. The number of carbonyl (C=O) groups excluding carboxylic acids is 2. The summed E-state index contributed by atoms with van der Waals surface area (Å²) in [7, 11) is 1.41. The lowest BCUT2D eigenvalue weighted by molar-refractivity contribution is -0.197. The molecule has 0 aromatic carbocycles. The molecular weight excluding hydrogens is 334 g/mol. The Labute approximate surface area is 155 Å². The molecular formula is C18H31N5O3. The lowest BCUT2D eigenvalue weighted by Crippen LogP contribution is -2.62. The Morgan fingerprint density at radius 1 is 1.19 bits per heavy atom. The third kappa shape index (κ3) is 4.64. The molecule has 0 spiro atoms. The SMILES string of the molecule is COC(=O)CN(N1CCN(C2CCNCC2)CC1)N1CCCCC1=C=O. The number of hydrogen-bond acceptors (Lipinski definition) is 8. The molecule has 0 aliphatic carbocycles. The van der Waals surface area contributed by atoms with Gasteiger partial charge in [0.05, 0.1) is 7.11 Å². The predicted octanol–water partition coefficient (Wildman–Crippen LogP) is -0.138. The van der Waals surface area contributed by atoms with Crippen LogP contribution in [0.25, 0.3) is 0 Å². The van der Waals surface area contributed by atoms with E-state index in [9.17, 15) is 9.59 Å². The molecule has 0 saturated carbocycles. The minimum absolute atomic E-state index is 0.134. The lowest BCUT2D eigenvalue weighted by Gasteiger charge is -2.48. The van der Waals surface area contributed by atoms with Crippen molar-refractivity contribution in [3.05, 3.63) is 5.70 Å². The minimum Gasteiger partial charge on any atom is -0.468 e. The second-order valence-electron chi connectivity index (χ2n) is 7.21. The van der Waals surface area contributed by atoms with E-state index in [0.29, 0.717) is 11.7 Å². The Morgan fingerprint density at radius 3 is 2.58 bits per heavy atom. The highest BCUT2D eigenvalue weighted by atomic mass is 16.5. The van der Waals surface area contributed by atoms with Crippen LogP contribution in [0.4, 0.5) is 0 Å². The van der Waals surface area contributed by atoms with E-state index in [4.69, 9.17) is 4.74 Å². The Bertz CT molecular complexity index is 523. The van der Waals surface area contributed by atoms with E-state index in [1.165, 1.54) is 20.0 Å². The van der Waals surface area contributed by atoms with Gasteiger partial charge in [0.25, 0.3) is 0 Å². The van der Waals surface area contributed by atoms with Crippen LogP contribution in [0.5, 0.6) is 0 Å². The average Bonchev–Trinajstić information content (AvgIpc) is 2.72. The summed E-state index contributed by atoms with van der Waals surface area (Å²) in [6, 6.07) is 0.660. The summed E-state index contributed by atoms with van der Waals surface area (Å²) in [6.45, 7) is 6.74. The zero-order valence-corrected chi connectivity index (χ0v) is 15.8. The van der Waals surface area contributed by atoms with Gasteiger partial charge in [-0.25, -0.2) is 9.80 Å². The van der Waals surface area contributed by atoms with Crippen LogP contribution in [-0.2, 0) is 14.3 Å². The van der Waals surface area contributed by atoms with Crippen molar-refractivity contribution < 1.29 is 14.3 Å². The molecule has 0 atom stereocenters. The molecule has 3 fully saturated rings. The number of hydrogen-bond donors (Lipinski definition) is 1. The fourth-order valence-electron chi connectivity index (χ4n) is 4.17. The molecule has 26 heavy (non-hydrogen) atoms.